The number of carbonyl (C=O) groups is 1. The average molecular weight is 258 g/mol. The molecule has 0 saturated heterocycles. The molecule has 1 amide bonds. The van der Waals surface area contributed by atoms with Gasteiger partial charge in [-0.2, -0.15) is 0 Å². The number of carbonyl (C=O) groups excluding carboxylic acids is 1. The molecule has 0 bridgehead atoms. The first kappa shape index (κ1) is 12.9. The molecule has 1 aromatic heterocycles. The average Bonchev–Trinajstić information content (AvgIpc) is 2.38. The standard InChI is InChI=1S/C14H14N2O3/c1-8-11(7-12(13(15)17)14(18)16-8)9-3-5-10(19-2)6-4-9/h3-7H,1-2H3,(H2,15,17)(H,16,18). The smallest absolute Gasteiger partial charge is 0.261 e. The Labute approximate surface area is 110 Å². The van der Waals surface area contributed by atoms with E-state index in [-0.39, 0.29) is 5.56 Å². The fraction of sp³-hybridized carbons (Fsp3) is 0.143. The van der Waals surface area contributed by atoms with E-state index in [0.717, 1.165) is 16.9 Å². The van der Waals surface area contributed by atoms with Crippen LogP contribution in [0, 0.1) is 6.92 Å². The fourth-order valence-electron chi connectivity index (χ4n) is 1.88. The van der Waals surface area contributed by atoms with Crippen LogP contribution >= 0.6 is 0 Å². The molecule has 3 N–H and O–H groups in total. The highest BCUT2D eigenvalue weighted by Crippen LogP contribution is 2.24. The van der Waals surface area contributed by atoms with Crippen LogP contribution in [-0.2, 0) is 0 Å². The largest absolute Gasteiger partial charge is 0.497 e. The maximum absolute atomic E-state index is 11.6. The number of amides is 1. The van der Waals surface area contributed by atoms with Crippen LogP contribution in [0.25, 0.3) is 11.1 Å². The van der Waals surface area contributed by atoms with Crippen molar-refractivity contribution in [2.45, 2.75) is 6.92 Å². The number of aromatic amines is 1. The van der Waals surface area contributed by atoms with Crippen LogP contribution in [0.1, 0.15) is 16.1 Å². The van der Waals surface area contributed by atoms with Crippen molar-refractivity contribution >= 4 is 5.91 Å². The summed E-state index contributed by atoms with van der Waals surface area (Å²) < 4.78 is 5.08. The van der Waals surface area contributed by atoms with Gasteiger partial charge in [0.05, 0.1) is 7.11 Å². The van der Waals surface area contributed by atoms with Crippen LogP contribution in [0.4, 0.5) is 0 Å². The Balaban J connectivity index is 2.57. The number of benzene rings is 1. The van der Waals surface area contributed by atoms with Crippen LogP contribution in [0.3, 0.4) is 0 Å². The van der Waals surface area contributed by atoms with Crippen LogP contribution in [0.5, 0.6) is 5.75 Å². The molecular formula is C14H14N2O3. The van der Waals surface area contributed by atoms with Gasteiger partial charge in [0.1, 0.15) is 11.3 Å². The lowest BCUT2D eigenvalue weighted by Gasteiger charge is -2.08. The molecule has 0 fully saturated rings. The molecule has 1 heterocycles. The van der Waals surface area contributed by atoms with Gasteiger partial charge in [0, 0.05) is 11.3 Å². The summed E-state index contributed by atoms with van der Waals surface area (Å²) in [6.07, 6.45) is 0. The molecule has 2 rings (SSSR count). The first-order valence-electron chi connectivity index (χ1n) is 5.71. The molecule has 0 aliphatic carbocycles. The molecule has 0 spiro atoms. The Bertz CT molecular complexity index is 672. The van der Waals surface area contributed by atoms with Gasteiger partial charge in [0.25, 0.3) is 11.5 Å². The number of nitrogens with two attached hydrogens (primary N) is 1. The van der Waals surface area contributed by atoms with Crippen LogP contribution < -0.4 is 16.0 Å². The van der Waals surface area contributed by atoms with Crippen molar-refractivity contribution in [3.8, 4) is 16.9 Å². The first-order chi connectivity index (χ1) is 9.02. The van der Waals surface area contributed by atoms with Gasteiger partial charge in [-0.05, 0) is 30.7 Å². The van der Waals surface area contributed by atoms with Crippen molar-refractivity contribution < 1.29 is 9.53 Å². The van der Waals surface area contributed by atoms with Crippen molar-refractivity contribution in [2.24, 2.45) is 5.73 Å². The molecule has 98 valence electrons. The van der Waals surface area contributed by atoms with Gasteiger partial charge in [0.2, 0.25) is 0 Å². The summed E-state index contributed by atoms with van der Waals surface area (Å²) in [5.74, 6) is -0.00281. The van der Waals surface area contributed by atoms with Gasteiger partial charge in [-0.1, -0.05) is 12.1 Å². The van der Waals surface area contributed by atoms with E-state index >= 15 is 0 Å². The Morgan fingerprint density at radius 3 is 2.42 bits per heavy atom. The Morgan fingerprint density at radius 1 is 1.26 bits per heavy atom. The van der Waals surface area contributed by atoms with Crippen molar-refractivity contribution in [2.75, 3.05) is 7.11 Å². The maximum Gasteiger partial charge on any atom is 0.261 e. The highest BCUT2D eigenvalue weighted by Gasteiger charge is 2.11. The minimum atomic E-state index is -0.740. The number of aryl methyl sites for hydroxylation is 1. The molecule has 2 aromatic rings. The van der Waals surface area contributed by atoms with Gasteiger partial charge < -0.3 is 15.5 Å². The number of primary amides is 1. The number of methoxy groups -OCH3 is 1. The van der Waals surface area contributed by atoms with Crippen molar-refractivity contribution in [3.63, 3.8) is 0 Å². The lowest BCUT2D eigenvalue weighted by Crippen LogP contribution is -2.24. The van der Waals surface area contributed by atoms with Crippen LogP contribution in [0.2, 0.25) is 0 Å². The maximum atomic E-state index is 11.6. The Kier molecular flexibility index (Phi) is 3.37. The molecule has 0 radical (unpaired) electrons. The molecule has 5 heteroatoms. The normalized spacial score (nSPS) is 10.2. The highest BCUT2D eigenvalue weighted by molar-refractivity contribution is 5.93. The number of ether oxygens (including phenoxy) is 1. The summed E-state index contributed by atoms with van der Waals surface area (Å²) >= 11 is 0. The summed E-state index contributed by atoms with van der Waals surface area (Å²) in [7, 11) is 1.59. The molecular weight excluding hydrogens is 244 g/mol. The monoisotopic (exact) mass is 258 g/mol. The Morgan fingerprint density at radius 2 is 1.89 bits per heavy atom. The summed E-state index contributed by atoms with van der Waals surface area (Å²) in [5, 5.41) is 0. The molecule has 0 unspecified atom stereocenters. The predicted octanol–water partition coefficient (Wildman–Crippen LogP) is 1.46. The molecule has 5 nitrogen and oxygen atoms in total. The minimum Gasteiger partial charge on any atom is -0.497 e. The SMILES string of the molecule is COc1ccc(-c2cc(C(N)=O)c(=O)[nH]c2C)cc1. The van der Waals surface area contributed by atoms with Crippen molar-refractivity contribution in [3.05, 3.63) is 51.9 Å². The number of pyridine rings is 1. The van der Waals surface area contributed by atoms with E-state index in [0.29, 0.717) is 5.69 Å². The molecule has 1 aromatic carbocycles. The van der Waals surface area contributed by atoms with E-state index < -0.39 is 11.5 Å². The number of rotatable bonds is 3. The van der Waals surface area contributed by atoms with Gasteiger partial charge >= 0.3 is 0 Å². The molecule has 0 aliphatic rings. The zero-order valence-corrected chi connectivity index (χ0v) is 10.7. The third-order valence-electron chi connectivity index (χ3n) is 2.90. The van der Waals surface area contributed by atoms with E-state index in [1.165, 1.54) is 6.07 Å². The topological polar surface area (TPSA) is 85.2 Å². The second-order valence-electron chi connectivity index (χ2n) is 4.14. The second-order valence-corrected chi connectivity index (χ2v) is 4.14. The summed E-state index contributed by atoms with van der Waals surface area (Å²) in [4.78, 5) is 25.4. The number of hydrogen-bond acceptors (Lipinski definition) is 3. The Hall–Kier alpha value is -2.56. The first-order valence-corrected chi connectivity index (χ1v) is 5.71. The number of nitrogens with one attached hydrogen (secondary N) is 1. The molecule has 0 saturated carbocycles. The lowest BCUT2D eigenvalue weighted by atomic mass is 10.0. The predicted molar refractivity (Wildman–Crippen MR) is 72.3 cm³/mol. The minimum absolute atomic E-state index is 0.0450. The number of aromatic nitrogens is 1. The molecule has 0 aliphatic heterocycles. The van der Waals surface area contributed by atoms with Gasteiger partial charge in [-0.15, -0.1) is 0 Å². The molecule has 0 atom stereocenters. The van der Waals surface area contributed by atoms with E-state index in [2.05, 4.69) is 4.98 Å². The third kappa shape index (κ3) is 2.49. The third-order valence-corrected chi connectivity index (χ3v) is 2.90. The highest BCUT2D eigenvalue weighted by atomic mass is 16.5. The lowest BCUT2D eigenvalue weighted by molar-refractivity contribution is 0.0999. The van der Waals surface area contributed by atoms with E-state index in [9.17, 15) is 9.59 Å². The zero-order chi connectivity index (χ0) is 14.0. The van der Waals surface area contributed by atoms with Crippen molar-refractivity contribution in [1.82, 2.24) is 4.98 Å². The van der Waals surface area contributed by atoms with E-state index in [4.69, 9.17) is 10.5 Å². The fourth-order valence-corrected chi connectivity index (χ4v) is 1.88. The number of H-pyrrole nitrogens is 1. The quantitative estimate of drug-likeness (QED) is 0.873. The summed E-state index contributed by atoms with van der Waals surface area (Å²) in [6, 6.07) is 8.83. The van der Waals surface area contributed by atoms with E-state index in [1.807, 2.05) is 24.3 Å². The van der Waals surface area contributed by atoms with Crippen molar-refractivity contribution in [1.29, 1.82) is 0 Å². The van der Waals surface area contributed by atoms with Crippen LogP contribution in [-0.4, -0.2) is 18.0 Å². The van der Waals surface area contributed by atoms with E-state index in [1.54, 1.807) is 14.0 Å². The van der Waals surface area contributed by atoms with Crippen LogP contribution in [0.15, 0.2) is 35.1 Å². The van der Waals surface area contributed by atoms with Gasteiger partial charge in [0.15, 0.2) is 0 Å². The second kappa shape index (κ2) is 4.97. The summed E-state index contributed by atoms with van der Waals surface area (Å²) in [6.45, 7) is 1.77. The summed E-state index contributed by atoms with van der Waals surface area (Å²) in [5.41, 5.74) is 6.98. The zero-order valence-electron chi connectivity index (χ0n) is 10.7. The number of hydrogen-bond donors (Lipinski definition) is 2. The molecule has 19 heavy (non-hydrogen) atoms. The van der Waals surface area contributed by atoms with Gasteiger partial charge in [-0.3, -0.25) is 9.59 Å². The van der Waals surface area contributed by atoms with Gasteiger partial charge in [-0.25, -0.2) is 0 Å².